The molecule has 0 saturated heterocycles. The molecule has 0 aliphatic rings. The smallest absolute Gasteiger partial charge is 0.00887 e. The standard InChI is InChI=1S/C10H14/c1-4-7-10(8-5-2)9-6-3/h4-5,9-10H,1-3,7-8H2. The lowest BCUT2D eigenvalue weighted by atomic mass is 10.0. The summed E-state index contributed by atoms with van der Waals surface area (Å²) in [5.74, 6) is 0.493. The van der Waals surface area contributed by atoms with E-state index in [2.05, 4.69) is 25.5 Å². The van der Waals surface area contributed by atoms with E-state index in [4.69, 9.17) is 0 Å². The van der Waals surface area contributed by atoms with E-state index in [0.717, 1.165) is 12.8 Å². The van der Waals surface area contributed by atoms with Gasteiger partial charge in [0, 0.05) is 0 Å². The third-order valence-electron chi connectivity index (χ3n) is 1.29. The van der Waals surface area contributed by atoms with Crippen LogP contribution in [0.15, 0.2) is 43.7 Å². The minimum Gasteiger partial charge on any atom is -0.133 e. The zero-order chi connectivity index (χ0) is 7.82. The largest absolute Gasteiger partial charge is 0.133 e. The molecule has 0 N–H and O–H groups in total. The van der Waals surface area contributed by atoms with Crippen molar-refractivity contribution < 1.29 is 0 Å². The third kappa shape index (κ3) is 3.94. The van der Waals surface area contributed by atoms with Gasteiger partial charge < -0.3 is 0 Å². The van der Waals surface area contributed by atoms with E-state index in [9.17, 15) is 0 Å². The Bertz CT molecular complexity index is 137. The molecular weight excluding hydrogens is 120 g/mol. The molecule has 0 aromatic heterocycles. The molecule has 54 valence electrons. The van der Waals surface area contributed by atoms with Crippen molar-refractivity contribution in [1.82, 2.24) is 0 Å². The summed E-state index contributed by atoms with van der Waals surface area (Å²) < 4.78 is 0. The molecule has 0 nitrogen and oxygen atoms in total. The fourth-order valence-electron chi connectivity index (χ4n) is 0.827. The molecule has 0 fully saturated rings. The second-order valence-corrected chi connectivity index (χ2v) is 2.18. The Morgan fingerprint density at radius 1 is 1.20 bits per heavy atom. The summed E-state index contributed by atoms with van der Waals surface area (Å²) in [6.45, 7) is 10.8. The van der Waals surface area contributed by atoms with Gasteiger partial charge in [0.05, 0.1) is 0 Å². The molecule has 0 radical (unpaired) electrons. The van der Waals surface area contributed by atoms with E-state index in [1.165, 1.54) is 0 Å². The molecule has 0 bridgehead atoms. The second-order valence-electron chi connectivity index (χ2n) is 2.18. The van der Waals surface area contributed by atoms with Crippen LogP contribution in [0.5, 0.6) is 0 Å². The van der Waals surface area contributed by atoms with Crippen molar-refractivity contribution in [2.24, 2.45) is 5.92 Å². The van der Waals surface area contributed by atoms with Crippen molar-refractivity contribution in [3.63, 3.8) is 0 Å². The average Bonchev–Trinajstić information content (AvgIpc) is 1.90. The van der Waals surface area contributed by atoms with Gasteiger partial charge in [-0.2, -0.15) is 0 Å². The number of hydrogen-bond donors (Lipinski definition) is 0. The van der Waals surface area contributed by atoms with Crippen molar-refractivity contribution in [2.45, 2.75) is 12.8 Å². The van der Waals surface area contributed by atoms with Crippen LogP contribution >= 0.6 is 0 Å². The molecule has 0 saturated carbocycles. The van der Waals surface area contributed by atoms with Crippen LogP contribution < -0.4 is 0 Å². The summed E-state index contributed by atoms with van der Waals surface area (Å²) in [6, 6.07) is 0. The Labute approximate surface area is 63.3 Å². The van der Waals surface area contributed by atoms with Gasteiger partial charge >= 0.3 is 0 Å². The SMILES string of the molecule is C=C=CC(CC=C)CC=C. The molecule has 0 heteroatoms. The average molecular weight is 134 g/mol. The molecule has 0 rings (SSSR count). The molecule has 0 spiro atoms. The highest BCUT2D eigenvalue weighted by molar-refractivity contribution is 4.92. The van der Waals surface area contributed by atoms with Crippen molar-refractivity contribution in [3.8, 4) is 0 Å². The van der Waals surface area contributed by atoms with Gasteiger partial charge in [-0.15, -0.1) is 18.9 Å². The Balaban J connectivity index is 3.81. The molecular formula is C10H14. The predicted molar refractivity (Wildman–Crippen MR) is 46.8 cm³/mol. The summed E-state index contributed by atoms with van der Waals surface area (Å²) in [5, 5.41) is 0. The van der Waals surface area contributed by atoms with Crippen LogP contribution in [0.4, 0.5) is 0 Å². The van der Waals surface area contributed by atoms with Crippen molar-refractivity contribution >= 4 is 0 Å². The third-order valence-corrected chi connectivity index (χ3v) is 1.29. The minimum atomic E-state index is 0.493. The highest BCUT2D eigenvalue weighted by atomic mass is 14.0. The van der Waals surface area contributed by atoms with E-state index in [1.54, 1.807) is 0 Å². The fourth-order valence-corrected chi connectivity index (χ4v) is 0.827. The van der Waals surface area contributed by atoms with E-state index in [0.29, 0.717) is 5.92 Å². The van der Waals surface area contributed by atoms with Crippen LogP contribution in [0.1, 0.15) is 12.8 Å². The Kier molecular flexibility index (Phi) is 5.51. The summed E-state index contributed by atoms with van der Waals surface area (Å²) in [7, 11) is 0. The van der Waals surface area contributed by atoms with Gasteiger partial charge in [0.15, 0.2) is 0 Å². The van der Waals surface area contributed by atoms with E-state index in [-0.39, 0.29) is 0 Å². The van der Waals surface area contributed by atoms with Gasteiger partial charge in [-0.25, -0.2) is 0 Å². The van der Waals surface area contributed by atoms with Crippen LogP contribution in [-0.4, -0.2) is 0 Å². The monoisotopic (exact) mass is 134 g/mol. The molecule has 0 aliphatic heterocycles. The van der Waals surface area contributed by atoms with Crippen LogP contribution in [0.2, 0.25) is 0 Å². The zero-order valence-corrected chi connectivity index (χ0v) is 6.34. The normalized spacial score (nSPS) is 8.50. The lowest BCUT2D eigenvalue weighted by Crippen LogP contribution is -1.90. The maximum Gasteiger partial charge on any atom is -0.00887 e. The lowest BCUT2D eigenvalue weighted by molar-refractivity contribution is 0.678. The van der Waals surface area contributed by atoms with Crippen LogP contribution in [-0.2, 0) is 0 Å². The first-order valence-corrected chi connectivity index (χ1v) is 3.43. The van der Waals surface area contributed by atoms with Crippen molar-refractivity contribution in [2.75, 3.05) is 0 Å². The highest BCUT2D eigenvalue weighted by Gasteiger charge is 1.97. The summed E-state index contributed by atoms with van der Waals surface area (Å²) in [4.78, 5) is 0. The molecule has 0 unspecified atom stereocenters. The second kappa shape index (κ2) is 6.12. The quantitative estimate of drug-likeness (QED) is 0.400. The van der Waals surface area contributed by atoms with Gasteiger partial charge in [0.2, 0.25) is 0 Å². The summed E-state index contributed by atoms with van der Waals surface area (Å²) in [5.41, 5.74) is 2.77. The van der Waals surface area contributed by atoms with Crippen molar-refractivity contribution in [3.05, 3.63) is 43.7 Å². The molecule has 0 atom stereocenters. The van der Waals surface area contributed by atoms with Crippen LogP contribution in [0, 0.1) is 5.92 Å². The maximum absolute atomic E-state index is 3.66. The molecule has 0 aromatic rings. The first-order valence-electron chi connectivity index (χ1n) is 3.43. The molecule has 0 aromatic carbocycles. The first-order chi connectivity index (χ1) is 4.85. The Morgan fingerprint density at radius 2 is 1.70 bits per heavy atom. The highest BCUT2D eigenvalue weighted by Crippen LogP contribution is 2.10. The fraction of sp³-hybridized carbons (Fsp3) is 0.300. The first kappa shape index (κ1) is 9.00. The van der Waals surface area contributed by atoms with Crippen LogP contribution in [0.25, 0.3) is 0 Å². The summed E-state index contributed by atoms with van der Waals surface area (Å²) >= 11 is 0. The van der Waals surface area contributed by atoms with E-state index in [1.807, 2.05) is 18.2 Å². The maximum atomic E-state index is 3.66. The van der Waals surface area contributed by atoms with Crippen molar-refractivity contribution in [1.29, 1.82) is 0 Å². The van der Waals surface area contributed by atoms with Crippen LogP contribution in [0.3, 0.4) is 0 Å². The number of hydrogen-bond acceptors (Lipinski definition) is 0. The lowest BCUT2D eigenvalue weighted by Gasteiger charge is -2.03. The van der Waals surface area contributed by atoms with Gasteiger partial charge in [0.25, 0.3) is 0 Å². The topological polar surface area (TPSA) is 0 Å². The molecule has 0 amide bonds. The van der Waals surface area contributed by atoms with E-state index >= 15 is 0 Å². The zero-order valence-electron chi connectivity index (χ0n) is 6.34. The summed E-state index contributed by atoms with van der Waals surface area (Å²) in [6.07, 6.45) is 7.73. The van der Waals surface area contributed by atoms with Gasteiger partial charge in [-0.05, 0) is 24.8 Å². The van der Waals surface area contributed by atoms with Gasteiger partial charge in [0.1, 0.15) is 0 Å². The molecule has 10 heavy (non-hydrogen) atoms. The minimum absolute atomic E-state index is 0.493. The Morgan fingerprint density at radius 3 is 2.00 bits per heavy atom. The van der Waals surface area contributed by atoms with Gasteiger partial charge in [-0.3, -0.25) is 0 Å². The Hall–Kier alpha value is -1.00. The molecule has 0 aliphatic carbocycles. The van der Waals surface area contributed by atoms with E-state index < -0.39 is 0 Å². The van der Waals surface area contributed by atoms with Gasteiger partial charge in [-0.1, -0.05) is 18.7 Å². The molecule has 0 heterocycles. The number of allylic oxidation sites excluding steroid dienone is 3. The number of rotatable bonds is 5. The predicted octanol–water partition coefficient (Wildman–Crippen LogP) is 3.10.